The van der Waals surface area contributed by atoms with Crippen LogP contribution in [0, 0.1) is 6.92 Å². The number of hydrogen-bond acceptors (Lipinski definition) is 2. The van der Waals surface area contributed by atoms with Crippen LogP contribution in [0.2, 0.25) is 0 Å². The zero-order chi connectivity index (χ0) is 11.0. The molecule has 2 heteroatoms. The molecule has 2 N–H and O–H groups in total. The fourth-order valence-electron chi connectivity index (χ4n) is 2.65. The molecule has 0 fully saturated rings. The lowest BCUT2D eigenvalue weighted by Crippen LogP contribution is -2.13. The molecular weight excluding hydrogens is 186 g/mol. The van der Waals surface area contributed by atoms with Crippen LogP contribution in [0.1, 0.15) is 41.6 Å². The first-order chi connectivity index (χ1) is 7.19. The summed E-state index contributed by atoms with van der Waals surface area (Å²) >= 11 is 0. The van der Waals surface area contributed by atoms with Crippen molar-refractivity contribution < 1.29 is 5.11 Å². The predicted octanol–water partition coefficient (Wildman–Crippen LogP) is 2.47. The summed E-state index contributed by atoms with van der Waals surface area (Å²) in [4.78, 5) is 0. The van der Waals surface area contributed by atoms with Crippen molar-refractivity contribution in [1.82, 2.24) is 5.32 Å². The Morgan fingerprint density at radius 3 is 2.87 bits per heavy atom. The maximum absolute atomic E-state index is 10.1. The molecule has 0 radical (unpaired) electrons. The Kier molecular flexibility index (Phi) is 2.70. The first-order valence-corrected chi connectivity index (χ1v) is 5.70. The largest absolute Gasteiger partial charge is 0.507 e. The monoisotopic (exact) mass is 205 g/mol. The molecule has 0 amide bonds. The summed E-state index contributed by atoms with van der Waals surface area (Å²) in [6.07, 6.45) is 3.26. The summed E-state index contributed by atoms with van der Waals surface area (Å²) in [5.74, 6) is 0.499. The molecule has 1 aromatic carbocycles. The lowest BCUT2D eigenvalue weighted by molar-refractivity contribution is 0.452. The third-order valence-corrected chi connectivity index (χ3v) is 3.49. The number of rotatable bonds is 2. The highest BCUT2D eigenvalue weighted by Gasteiger charge is 2.27. The number of aryl methyl sites for hydroxylation is 2. The lowest BCUT2D eigenvalue weighted by atomic mass is 9.96. The first kappa shape index (κ1) is 10.5. The number of hydrogen-bond donors (Lipinski definition) is 2. The molecule has 15 heavy (non-hydrogen) atoms. The van der Waals surface area contributed by atoms with Crippen LogP contribution < -0.4 is 5.32 Å². The van der Waals surface area contributed by atoms with Crippen molar-refractivity contribution >= 4 is 0 Å². The third-order valence-electron chi connectivity index (χ3n) is 3.49. The third kappa shape index (κ3) is 1.53. The van der Waals surface area contributed by atoms with Gasteiger partial charge < -0.3 is 10.4 Å². The van der Waals surface area contributed by atoms with E-state index in [1.165, 1.54) is 11.1 Å². The van der Waals surface area contributed by atoms with Crippen molar-refractivity contribution in [3.63, 3.8) is 0 Å². The number of nitrogens with one attached hydrogen (secondary N) is 1. The number of fused-ring (bicyclic) bond motifs is 1. The summed E-state index contributed by atoms with van der Waals surface area (Å²) in [5.41, 5.74) is 4.93. The molecule has 1 aliphatic rings. The van der Waals surface area contributed by atoms with Crippen molar-refractivity contribution in [2.45, 2.75) is 39.2 Å². The lowest BCUT2D eigenvalue weighted by Gasteiger charge is -2.15. The minimum absolute atomic E-state index is 0.338. The van der Waals surface area contributed by atoms with E-state index in [1.54, 1.807) is 0 Å². The van der Waals surface area contributed by atoms with E-state index in [1.807, 2.05) is 14.0 Å². The van der Waals surface area contributed by atoms with Crippen LogP contribution in [-0.4, -0.2) is 12.2 Å². The van der Waals surface area contributed by atoms with Crippen molar-refractivity contribution in [3.8, 4) is 5.75 Å². The van der Waals surface area contributed by atoms with Gasteiger partial charge in [-0.2, -0.15) is 0 Å². The van der Waals surface area contributed by atoms with E-state index in [2.05, 4.69) is 18.3 Å². The van der Waals surface area contributed by atoms with Crippen LogP contribution in [0.15, 0.2) is 6.07 Å². The molecule has 2 rings (SSSR count). The SMILES string of the molecule is CCc1cc(C)c(O)c2c1CCC2NC. The van der Waals surface area contributed by atoms with Gasteiger partial charge >= 0.3 is 0 Å². The number of phenols is 1. The molecule has 2 nitrogen and oxygen atoms in total. The normalized spacial score (nSPS) is 19.3. The molecule has 1 atom stereocenters. The van der Waals surface area contributed by atoms with Crippen LogP contribution in [0.3, 0.4) is 0 Å². The summed E-state index contributed by atoms with van der Waals surface area (Å²) in [5, 5.41) is 13.4. The van der Waals surface area contributed by atoms with Crippen LogP contribution in [0.4, 0.5) is 0 Å². The maximum Gasteiger partial charge on any atom is 0.123 e. The van der Waals surface area contributed by atoms with Gasteiger partial charge in [0, 0.05) is 11.6 Å². The quantitative estimate of drug-likeness (QED) is 0.777. The van der Waals surface area contributed by atoms with Crippen molar-refractivity contribution in [2.24, 2.45) is 0 Å². The van der Waals surface area contributed by atoms with E-state index in [0.717, 1.165) is 30.4 Å². The van der Waals surface area contributed by atoms with E-state index < -0.39 is 0 Å². The molecule has 1 aromatic rings. The number of aromatic hydroxyl groups is 1. The summed E-state index contributed by atoms with van der Waals surface area (Å²) in [6.45, 7) is 4.17. The summed E-state index contributed by atoms with van der Waals surface area (Å²) < 4.78 is 0. The van der Waals surface area contributed by atoms with Gasteiger partial charge in [-0.05, 0) is 49.9 Å². The Balaban J connectivity index is 2.61. The summed E-state index contributed by atoms with van der Waals surface area (Å²) in [7, 11) is 1.97. The van der Waals surface area contributed by atoms with Gasteiger partial charge in [-0.3, -0.25) is 0 Å². The average Bonchev–Trinajstić information content (AvgIpc) is 2.67. The van der Waals surface area contributed by atoms with Gasteiger partial charge in [0.05, 0.1) is 0 Å². The van der Waals surface area contributed by atoms with E-state index in [9.17, 15) is 5.11 Å². The van der Waals surface area contributed by atoms with Gasteiger partial charge in [-0.25, -0.2) is 0 Å². The topological polar surface area (TPSA) is 32.3 Å². The predicted molar refractivity (Wildman–Crippen MR) is 62.3 cm³/mol. The highest BCUT2D eigenvalue weighted by molar-refractivity contribution is 5.53. The maximum atomic E-state index is 10.1. The molecule has 82 valence electrons. The molecule has 0 aliphatic heterocycles. The molecule has 0 bridgehead atoms. The van der Waals surface area contributed by atoms with E-state index in [4.69, 9.17) is 0 Å². The second kappa shape index (κ2) is 3.86. The molecule has 0 heterocycles. The van der Waals surface area contributed by atoms with Crippen molar-refractivity contribution in [1.29, 1.82) is 0 Å². The Labute approximate surface area is 91.3 Å². The van der Waals surface area contributed by atoms with E-state index in [0.29, 0.717) is 11.8 Å². The second-order valence-electron chi connectivity index (χ2n) is 4.33. The van der Waals surface area contributed by atoms with Gasteiger partial charge in [0.1, 0.15) is 5.75 Å². The smallest absolute Gasteiger partial charge is 0.123 e. The zero-order valence-corrected chi connectivity index (χ0v) is 9.72. The Bertz CT molecular complexity index is 385. The Hall–Kier alpha value is -1.02. The number of benzene rings is 1. The number of phenolic OH excluding ortho intramolecular Hbond substituents is 1. The average molecular weight is 205 g/mol. The molecule has 1 unspecified atom stereocenters. The Morgan fingerprint density at radius 1 is 1.53 bits per heavy atom. The standard InChI is InChI=1S/C13H19NO/c1-4-9-7-8(2)13(15)12-10(9)5-6-11(12)14-3/h7,11,14-15H,4-6H2,1-3H3. The van der Waals surface area contributed by atoms with Gasteiger partial charge in [0.15, 0.2) is 0 Å². The second-order valence-corrected chi connectivity index (χ2v) is 4.33. The molecule has 0 spiro atoms. The minimum atomic E-state index is 0.338. The highest BCUT2D eigenvalue weighted by Crippen LogP contribution is 2.41. The van der Waals surface area contributed by atoms with E-state index in [-0.39, 0.29) is 0 Å². The van der Waals surface area contributed by atoms with E-state index >= 15 is 0 Å². The molecule has 0 saturated carbocycles. The minimum Gasteiger partial charge on any atom is -0.507 e. The van der Waals surface area contributed by atoms with Gasteiger partial charge in [0.2, 0.25) is 0 Å². The van der Waals surface area contributed by atoms with Gasteiger partial charge in [-0.1, -0.05) is 13.0 Å². The van der Waals surface area contributed by atoms with Crippen molar-refractivity contribution in [2.75, 3.05) is 7.05 Å². The Morgan fingerprint density at radius 2 is 2.27 bits per heavy atom. The van der Waals surface area contributed by atoms with Crippen molar-refractivity contribution in [3.05, 3.63) is 28.3 Å². The fraction of sp³-hybridized carbons (Fsp3) is 0.538. The molecule has 0 saturated heterocycles. The fourth-order valence-corrected chi connectivity index (χ4v) is 2.65. The highest BCUT2D eigenvalue weighted by atomic mass is 16.3. The van der Waals surface area contributed by atoms with Gasteiger partial charge in [0.25, 0.3) is 0 Å². The molecular formula is C13H19NO. The molecule has 1 aliphatic carbocycles. The van der Waals surface area contributed by atoms with Crippen LogP contribution in [-0.2, 0) is 12.8 Å². The van der Waals surface area contributed by atoms with Crippen LogP contribution >= 0.6 is 0 Å². The zero-order valence-electron chi connectivity index (χ0n) is 9.72. The first-order valence-electron chi connectivity index (χ1n) is 5.70. The summed E-state index contributed by atoms with van der Waals surface area (Å²) in [6, 6.07) is 2.47. The molecule has 0 aromatic heterocycles. The van der Waals surface area contributed by atoms with Gasteiger partial charge in [-0.15, -0.1) is 0 Å². The van der Waals surface area contributed by atoms with Crippen LogP contribution in [0.25, 0.3) is 0 Å². The van der Waals surface area contributed by atoms with Crippen LogP contribution in [0.5, 0.6) is 5.75 Å².